The molecule has 37 heavy (non-hydrogen) atoms. The minimum atomic E-state index is -0.523. The van der Waals surface area contributed by atoms with Crippen LogP contribution in [-0.2, 0) is 4.79 Å². The molecule has 0 radical (unpaired) electrons. The fourth-order valence-electron chi connectivity index (χ4n) is 4.42. The number of unbranched alkanes of at least 4 members (excludes halogenated alkanes) is 3. The number of anilines is 2. The number of amides is 1. The minimum absolute atomic E-state index is 0.265. The number of nitrogens with one attached hydrogen (secondary N) is 2. The highest BCUT2D eigenvalue weighted by Crippen LogP contribution is 2.39. The SMILES string of the molecule is CCCCCCOc1ccc(C2C(C(=O)Nc3ccccc3OCC)=C(C)Nc3ncnn32)cc1OC. The van der Waals surface area contributed by atoms with Crippen LogP contribution in [0.5, 0.6) is 17.2 Å². The minimum Gasteiger partial charge on any atom is -0.493 e. The first-order chi connectivity index (χ1) is 18.1. The Hall–Kier alpha value is -4.01. The molecule has 196 valence electrons. The molecular formula is C28H35N5O4. The van der Waals surface area contributed by atoms with Crippen molar-refractivity contribution in [3.63, 3.8) is 0 Å². The van der Waals surface area contributed by atoms with Gasteiger partial charge >= 0.3 is 0 Å². The molecule has 0 saturated carbocycles. The second-order valence-electron chi connectivity index (χ2n) is 8.80. The number of hydrogen-bond acceptors (Lipinski definition) is 7. The maximum atomic E-state index is 13.7. The van der Waals surface area contributed by atoms with Crippen molar-refractivity contribution < 1.29 is 19.0 Å². The summed E-state index contributed by atoms with van der Waals surface area (Å²) in [6.45, 7) is 7.08. The molecule has 2 N–H and O–H groups in total. The molecule has 1 amide bonds. The van der Waals surface area contributed by atoms with Crippen LogP contribution in [0.1, 0.15) is 58.1 Å². The van der Waals surface area contributed by atoms with E-state index in [9.17, 15) is 4.79 Å². The molecule has 2 heterocycles. The number of rotatable bonds is 12. The lowest BCUT2D eigenvalue weighted by Gasteiger charge is -2.29. The van der Waals surface area contributed by atoms with Gasteiger partial charge in [-0.15, -0.1) is 0 Å². The molecule has 0 fully saturated rings. The van der Waals surface area contributed by atoms with Gasteiger partial charge in [0.2, 0.25) is 5.95 Å². The number of ether oxygens (including phenoxy) is 3. The Kier molecular flexibility index (Phi) is 8.66. The number of hydrogen-bond donors (Lipinski definition) is 2. The van der Waals surface area contributed by atoms with Gasteiger partial charge in [0.05, 0.1) is 31.6 Å². The molecule has 1 aliphatic heterocycles. The van der Waals surface area contributed by atoms with Crippen LogP contribution in [0.4, 0.5) is 11.6 Å². The van der Waals surface area contributed by atoms with E-state index >= 15 is 0 Å². The van der Waals surface area contributed by atoms with Gasteiger partial charge in [-0.3, -0.25) is 4.79 Å². The van der Waals surface area contributed by atoms with Crippen LogP contribution in [0.2, 0.25) is 0 Å². The summed E-state index contributed by atoms with van der Waals surface area (Å²) in [4.78, 5) is 18.0. The predicted molar refractivity (Wildman–Crippen MR) is 143 cm³/mol. The first kappa shape index (κ1) is 26.1. The third-order valence-corrected chi connectivity index (χ3v) is 6.23. The lowest BCUT2D eigenvalue weighted by atomic mass is 9.94. The zero-order valence-electron chi connectivity index (χ0n) is 21.9. The van der Waals surface area contributed by atoms with Crippen LogP contribution in [-0.4, -0.2) is 41.0 Å². The van der Waals surface area contributed by atoms with Crippen molar-refractivity contribution in [2.75, 3.05) is 31.0 Å². The molecule has 1 aliphatic rings. The lowest BCUT2D eigenvalue weighted by molar-refractivity contribution is -0.113. The molecule has 0 bridgehead atoms. The molecule has 9 heteroatoms. The molecule has 9 nitrogen and oxygen atoms in total. The van der Waals surface area contributed by atoms with E-state index in [1.807, 2.05) is 56.3 Å². The Morgan fingerprint density at radius 3 is 2.68 bits per heavy atom. The largest absolute Gasteiger partial charge is 0.493 e. The molecule has 2 aromatic carbocycles. The molecule has 1 aromatic heterocycles. The summed E-state index contributed by atoms with van der Waals surface area (Å²) in [6.07, 6.45) is 5.97. The van der Waals surface area contributed by atoms with Gasteiger partial charge in [-0.25, -0.2) is 4.68 Å². The Morgan fingerprint density at radius 1 is 1.05 bits per heavy atom. The third kappa shape index (κ3) is 5.87. The van der Waals surface area contributed by atoms with Crippen molar-refractivity contribution in [1.29, 1.82) is 0 Å². The summed E-state index contributed by atoms with van der Waals surface area (Å²) < 4.78 is 19.1. The maximum Gasteiger partial charge on any atom is 0.255 e. The monoisotopic (exact) mass is 505 g/mol. The summed E-state index contributed by atoms with van der Waals surface area (Å²) in [5.41, 5.74) is 2.62. The van der Waals surface area contributed by atoms with Gasteiger partial charge < -0.3 is 24.8 Å². The Morgan fingerprint density at radius 2 is 1.89 bits per heavy atom. The van der Waals surface area contributed by atoms with Gasteiger partial charge in [0, 0.05) is 5.70 Å². The quantitative estimate of drug-likeness (QED) is 0.310. The van der Waals surface area contributed by atoms with Crippen molar-refractivity contribution in [3.05, 3.63) is 65.6 Å². The van der Waals surface area contributed by atoms with Gasteiger partial charge in [-0.2, -0.15) is 10.1 Å². The molecule has 4 rings (SSSR count). The Balaban J connectivity index is 1.65. The normalized spacial score (nSPS) is 14.5. The fraction of sp³-hybridized carbons (Fsp3) is 0.393. The number of carbonyl (C=O) groups is 1. The van der Waals surface area contributed by atoms with Crippen LogP contribution in [0.3, 0.4) is 0 Å². The first-order valence-corrected chi connectivity index (χ1v) is 12.8. The second-order valence-corrected chi connectivity index (χ2v) is 8.80. The average molecular weight is 506 g/mol. The van der Waals surface area contributed by atoms with Gasteiger partial charge in [-0.05, 0) is 50.1 Å². The van der Waals surface area contributed by atoms with Crippen molar-refractivity contribution in [3.8, 4) is 17.2 Å². The topological polar surface area (TPSA) is 99.5 Å². The van der Waals surface area contributed by atoms with E-state index in [0.29, 0.717) is 53.4 Å². The van der Waals surface area contributed by atoms with Crippen molar-refractivity contribution in [2.24, 2.45) is 0 Å². The molecule has 0 spiro atoms. The summed E-state index contributed by atoms with van der Waals surface area (Å²) in [5, 5.41) is 10.6. The van der Waals surface area contributed by atoms with Crippen LogP contribution >= 0.6 is 0 Å². The van der Waals surface area contributed by atoms with E-state index in [2.05, 4.69) is 27.6 Å². The lowest BCUT2D eigenvalue weighted by Crippen LogP contribution is -2.31. The number of benzene rings is 2. The number of carbonyl (C=O) groups excluding carboxylic acids is 1. The van der Waals surface area contributed by atoms with Gasteiger partial charge in [0.15, 0.2) is 11.5 Å². The summed E-state index contributed by atoms with van der Waals surface area (Å²) in [5.74, 6) is 2.18. The number of para-hydroxylation sites is 2. The van der Waals surface area contributed by atoms with E-state index in [4.69, 9.17) is 14.2 Å². The zero-order chi connectivity index (χ0) is 26.2. The summed E-state index contributed by atoms with van der Waals surface area (Å²) in [7, 11) is 1.62. The van der Waals surface area contributed by atoms with Crippen LogP contribution in [0.25, 0.3) is 0 Å². The number of nitrogens with zero attached hydrogens (tertiary/aromatic N) is 3. The smallest absolute Gasteiger partial charge is 0.255 e. The average Bonchev–Trinajstić information content (AvgIpc) is 3.37. The van der Waals surface area contributed by atoms with E-state index in [-0.39, 0.29) is 5.91 Å². The molecular weight excluding hydrogens is 470 g/mol. The summed E-state index contributed by atoms with van der Waals surface area (Å²) >= 11 is 0. The predicted octanol–water partition coefficient (Wildman–Crippen LogP) is 5.57. The van der Waals surface area contributed by atoms with Crippen LogP contribution < -0.4 is 24.8 Å². The molecule has 1 unspecified atom stereocenters. The van der Waals surface area contributed by atoms with E-state index in [1.54, 1.807) is 11.8 Å². The molecule has 0 saturated heterocycles. The highest BCUT2D eigenvalue weighted by Gasteiger charge is 2.34. The first-order valence-electron chi connectivity index (χ1n) is 12.8. The summed E-state index contributed by atoms with van der Waals surface area (Å²) in [6, 6.07) is 12.6. The second kappa shape index (κ2) is 12.3. The Labute approximate surface area is 217 Å². The van der Waals surface area contributed by atoms with Gasteiger partial charge in [0.1, 0.15) is 18.1 Å². The Bertz CT molecular complexity index is 1250. The maximum absolute atomic E-state index is 13.7. The number of fused-ring (bicyclic) bond motifs is 1. The van der Waals surface area contributed by atoms with Crippen LogP contribution in [0, 0.1) is 0 Å². The molecule has 0 aliphatic carbocycles. The highest BCUT2D eigenvalue weighted by atomic mass is 16.5. The number of methoxy groups -OCH3 is 1. The third-order valence-electron chi connectivity index (χ3n) is 6.23. The van der Waals surface area contributed by atoms with Crippen molar-refractivity contribution in [2.45, 2.75) is 52.5 Å². The standard InChI is InChI=1S/C28H35N5O4/c1-5-7-8-11-16-37-23-15-14-20(17-24(23)35-4)26-25(19(3)31-28-29-18-30-33(26)28)27(34)32-21-12-9-10-13-22(21)36-6-2/h9-10,12-15,17-18,26H,5-8,11,16H2,1-4H3,(H,32,34)(H,29,30,31). The number of aromatic nitrogens is 3. The fourth-order valence-corrected chi connectivity index (χ4v) is 4.42. The van der Waals surface area contributed by atoms with Crippen molar-refractivity contribution >= 4 is 17.5 Å². The molecule has 1 atom stereocenters. The zero-order valence-corrected chi connectivity index (χ0v) is 21.9. The van der Waals surface area contributed by atoms with E-state index < -0.39 is 6.04 Å². The van der Waals surface area contributed by atoms with Crippen LogP contribution in [0.15, 0.2) is 60.1 Å². The van der Waals surface area contributed by atoms with Gasteiger partial charge in [0.25, 0.3) is 5.91 Å². The highest BCUT2D eigenvalue weighted by molar-refractivity contribution is 6.06. The van der Waals surface area contributed by atoms with Gasteiger partial charge in [-0.1, -0.05) is 44.4 Å². The van der Waals surface area contributed by atoms with E-state index in [0.717, 1.165) is 18.4 Å². The molecule has 3 aromatic rings. The number of allylic oxidation sites excluding steroid dienone is 1. The van der Waals surface area contributed by atoms with Crippen molar-refractivity contribution in [1.82, 2.24) is 14.8 Å². The van der Waals surface area contributed by atoms with E-state index in [1.165, 1.54) is 19.2 Å².